The van der Waals surface area contributed by atoms with Crippen LogP contribution in [-0.2, 0) is 112 Å². The van der Waals surface area contributed by atoms with Crippen molar-refractivity contribution in [3.63, 3.8) is 0 Å². The number of anilines is 2. The molecule has 596 valence electrons. The highest BCUT2D eigenvalue weighted by Gasteiger charge is 2.48. The molecule has 1 fully saturated rings. The van der Waals surface area contributed by atoms with Crippen LogP contribution in [0.25, 0.3) is 21.9 Å². The van der Waals surface area contributed by atoms with E-state index in [2.05, 4.69) is 37.7 Å². The highest BCUT2D eigenvalue weighted by molar-refractivity contribution is 6.08. The predicted molar refractivity (Wildman–Crippen MR) is 386 cm³/mol. The SMILES string of the molecule is CCCCc1nc2c(N)nc3cc(C(=O)O)ccc3c2n1Cc1ccc(CNC(=O)OCc2ccc(O[C@@H]3O[C@H](C(=O)O)[C@@H](O)[C@H](O)[C@H]3O)c(NC(=O)CCNC(=O)[C@@H](N)CCCCNC(=O)CCOCCOCCOCCOCCOCCOCCOCCOCCOCCOCCOCCOC)c2)cc1. The molecule has 35 nitrogen and oxygen atoms in total. The molecule has 1 aliphatic rings. The van der Waals surface area contributed by atoms with E-state index >= 15 is 0 Å². The number of aliphatic hydroxyl groups excluding tert-OH is 3. The maximum absolute atomic E-state index is 13.4. The lowest BCUT2D eigenvalue weighted by Crippen LogP contribution is -2.61. The molecule has 4 amide bonds. The number of imidazole rings is 1. The summed E-state index contributed by atoms with van der Waals surface area (Å²) in [5.41, 5.74) is 16.2. The minimum atomic E-state index is -2.00. The standard InChI is InChI=1S/C72H107N9O26/c1-3-4-8-58-80-61-62(53-15-14-52(69(88)89)45-55(53)79-67(61)74)81(58)47-50-11-9-49(10-12-50)46-77-72(92)105-48-51-13-16-57(106-71-65(86)63(84)64(85)66(107-71)70(90)91)56(44-51)78-60(83)17-20-76-68(87)54(73)7-5-6-19-75-59(82)18-21-94-24-25-96-28-29-98-32-33-100-36-37-102-40-41-104-43-42-103-39-38-101-35-34-99-31-30-97-27-26-95-23-22-93-2/h9-16,44-45,54,63-66,71,84-86H,3-8,17-43,46-48,73H2,1-2H3,(H2,74,79)(H,75,82)(H,76,87)(H,77,92)(H,78,83)(H,88,89)(H,90,91)/t54-,63-,64-,65+,66-,71+/m0/s1. The van der Waals surface area contributed by atoms with Gasteiger partial charge in [0.25, 0.3) is 0 Å². The number of aliphatic hydroxyl groups is 3. The van der Waals surface area contributed by atoms with Gasteiger partial charge in [0.15, 0.2) is 11.9 Å². The van der Waals surface area contributed by atoms with E-state index in [-0.39, 0.29) is 74.3 Å². The number of carbonyl (C=O) groups is 6. The number of rotatable bonds is 59. The summed E-state index contributed by atoms with van der Waals surface area (Å²) < 4.78 is 83.8. The van der Waals surface area contributed by atoms with E-state index in [9.17, 15) is 54.3 Å². The Labute approximate surface area is 621 Å². The number of carboxylic acids is 2. The van der Waals surface area contributed by atoms with Crippen LogP contribution in [0, 0.1) is 0 Å². The van der Waals surface area contributed by atoms with Crippen molar-refractivity contribution in [2.45, 2.75) is 115 Å². The van der Waals surface area contributed by atoms with Crippen LogP contribution in [-0.4, -0.2) is 285 Å². The Morgan fingerprint density at radius 1 is 0.579 bits per heavy atom. The van der Waals surface area contributed by atoms with Crippen LogP contribution in [0.1, 0.15) is 84.7 Å². The average molecular weight is 1510 g/mol. The number of hydrogen-bond donors (Lipinski definition) is 11. The number of benzene rings is 3. The summed E-state index contributed by atoms with van der Waals surface area (Å²) in [5.74, 6) is -3.27. The maximum atomic E-state index is 13.4. The van der Waals surface area contributed by atoms with Crippen molar-refractivity contribution in [3.8, 4) is 5.75 Å². The minimum absolute atomic E-state index is 0.0584. The molecule has 6 rings (SSSR count). The quantitative estimate of drug-likeness (QED) is 0.0249. The Hall–Kier alpha value is -7.92. The van der Waals surface area contributed by atoms with Crippen LogP contribution in [0.5, 0.6) is 5.75 Å². The van der Waals surface area contributed by atoms with Crippen LogP contribution in [0.15, 0.2) is 60.7 Å². The van der Waals surface area contributed by atoms with Crippen molar-refractivity contribution < 1.29 is 125 Å². The molecule has 13 N–H and O–H groups in total. The van der Waals surface area contributed by atoms with Gasteiger partial charge in [-0.05, 0) is 72.7 Å². The van der Waals surface area contributed by atoms with Crippen molar-refractivity contribution >= 4 is 69.2 Å². The maximum Gasteiger partial charge on any atom is 0.407 e. The lowest BCUT2D eigenvalue weighted by molar-refractivity contribution is -0.271. The van der Waals surface area contributed by atoms with E-state index in [1.165, 1.54) is 30.3 Å². The number of fused-ring (bicyclic) bond motifs is 3. The number of alkyl carbamates (subject to hydrolysis) is 1. The zero-order valence-electron chi connectivity index (χ0n) is 61.0. The second-order valence-corrected chi connectivity index (χ2v) is 24.4. The first kappa shape index (κ1) is 88.0. The van der Waals surface area contributed by atoms with E-state index in [0.29, 0.717) is 200 Å². The van der Waals surface area contributed by atoms with Crippen molar-refractivity contribution in [3.05, 3.63) is 88.7 Å². The third-order valence-electron chi connectivity index (χ3n) is 16.2. The molecular weight excluding hydrogens is 1410 g/mol. The number of nitrogens with zero attached hydrogens (tertiary/aromatic N) is 3. The third-order valence-corrected chi connectivity index (χ3v) is 16.2. The molecule has 2 aromatic heterocycles. The Kier molecular flexibility index (Phi) is 42.3. The fourth-order valence-corrected chi connectivity index (χ4v) is 10.4. The molecular formula is C72H107N9O26. The summed E-state index contributed by atoms with van der Waals surface area (Å²) in [4.78, 5) is 84.7. The van der Waals surface area contributed by atoms with Gasteiger partial charge >= 0.3 is 18.0 Å². The van der Waals surface area contributed by atoms with Gasteiger partial charge in [-0.1, -0.05) is 43.7 Å². The van der Waals surface area contributed by atoms with Gasteiger partial charge in [0.2, 0.25) is 24.0 Å². The first-order chi connectivity index (χ1) is 52.0. The minimum Gasteiger partial charge on any atom is -0.479 e. The molecule has 0 saturated carbocycles. The van der Waals surface area contributed by atoms with Crippen molar-refractivity contribution in [2.75, 3.05) is 183 Å². The van der Waals surface area contributed by atoms with Crippen LogP contribution >= 0.6 is 0 Å². The second-order valence-electron chi connectivity index (χ2n) is 24.4. The number of unbranched alkanes of at least 4 members (excludes halogenated alkanes) is 2. The number of aromatic nitrogens is 3. The summed E-state index contributed by atoms with van der Waals surface area (Å²) >= 11 is 0. The van der Waals surface area contributed by atoms with Gasteiger partial charge in [-0.2, -0.15) is 0 Å². The highest BCUT2D eigenvalue weighted by Crippen LogP contribution is 2.33. The average Bonchev–Trinajstić information content (AvgIpc) is 1.62. The molecule has 6 atom stereocenters. The summed E-state index contributed by atoms with van der Waals surface area (Å²) in [5, 5.41) is 62.1. The Morgan fingerprint density at radius 3 is 1.66 bits per heavy atom. The van der Waals surface area contributed by atoms with Gasteiger partial charge in [0.05, 0.1) is 180 Å². The number of carbonyl (C=O) groups excluding carboxylic acids is 4. The lowest BCUT2D eigenvalue weighted by atomic mass is 9.99. The number of nitrogens with two attached hydrogens (primary N) is 2. The Morgan fingerprint density at radius 2 is 1.12 bits per heavy atom. The largest absolute Gasteiger partial charge is 0.479 e. The first-order valence-corrected chi connectivity index (χ1v) is 35.9. The van der Waals surface area contributed by atoms with Gasteiger partial charge in [-0.25, -0.2) is 24.4 Å². The van der Waals surface area contributed by atoms with E-state index in [1.807, 2.05) is 24.3 Å². The van der Waals surface area contributed by atoms with Crippen LogP contribution in [0.4, 0.5) is 16.3 Å². The van der Waals surface area contributed by atoms with E-state index in [1.54, 1.807) is 13.2 Å². The molecule has 0 radical (unpaired) electrons. The highest BCUT2D eigenvalue weighted by atomic mass is 16.7. The van der Waals surface area contributed by atoms with Crippen molar-refractivity contribution in [2.24, 2.45) is 5.73 Å². The second kappa shape index (κ2) is 51.4. The van der Waals surface area contributed by atoms with E-state index in [0.717, 1.165) is 35.3 Å². The Balaban J connectivity index is 0.784. The zero-order valence-corrected chi connectivity index (χ0v) is 61.0. The Bertz CT molecular complexity index is 3430. The van der Waals surface area contributed by atoms with Crippen LogP contribution in [0.3, 0.4) is 0 Å². The predicted octanol–water partition coefficient (Wildman–Crippen LogP) is 2.23. The van der Waals surface area contributed by atoms with Crippen LogP contribution < -0.4 is 37.5 Å². The molecule has 1 aliphatic heterocycles. The molecule has 0 spiro atoms. The number of carboxylic acid groups (broad SMARTS) is 2. The number of aliphatic carboxylic acids is 1. The van der Waals surface area contributed by atoms with Gasteiger partial charge in [0.1, 0.15) is 42.0 Å². The summed E-state index contributed by atoms with van der Waals surface area (Å²) in [6.07, 6.45) is -6.84. The van der Waals surface area contributed by atoms with Gasteiger partial charge in [0, 0.05) is 57.9 Å². The molecule has 3 aromatic carbocycles. The topological polar surface area (TPSA) is 473 Å². The fraction of sp³-hybridized carbons (Fsp3) is 0.611. The normalized spacial score (nSPS) is 16.0. The molecule has 107 heavy (non-hydrogen) atoms. The van der Waals surface area contributed by atoms with Gasteiger partial charge in [-0.15, -0.1) is 0 Å². The third kappa shape index (κ3) is 33.2. The number of methoxy groups -OCH3 is 1. The summed E-state index contributed by atoms with van der Waals surface area (Å²) in [6.45, 7) is 12.6. The monoisotopic (exact) mass is 1510 g/mol. The molecule has 3 heterocycles. The number of aryl methyl sites for hydroxylation is 1. The molecule has 0 aliphatic carbocycles. The summed E-state index contributed by atoms with van der Waals surface area (Å²) in [7, 11) is 1.63. The van der Waals surface area contributed by atoms with Gasteiger partial charge < -0.3 is 134 Å². The molecule has 1 saturated heterocycles. The first-order valence-electron chi connectivity index (χ1n) is 35.9. The van der Waals surface area contributed by atoms with Gasteiger partial charge in [-0.3, -0.25) is 14.4 Å². The lowest BCUT2D eigenvalue weighted by Gasteiger charge is -2.38. The molecule has 0 bridgehead atoms. The molecule has 0 unspecified atom stereocenters. The molecule has 5 aromatic rings. The fourth-order valence-electron chi connectivity index (χ4n) is 10.4. The van der Waals surface area contributed by atoms with Crippen molar-refractivity contribution in [1.82, 2.24) is 30.5 Å². The smallest absolute Gasteiger partial charge is 0.407 e. The number of aromatic carboxylic acids is 1. The number of hydrogen-bond acceptors (Lipinski definition) is 28. The van der Waals surface area contributed by atoms with E-state index < -0.39 is 66.6 Å². The van der Waals surface area contributed by atoms with E-state index in [4.69, 9.17) is 87.5 Å². The number of pyridine rings is 1. The van der Waals surface area contributed by atoms with Crippen LogP contribution in [0.2, 0.25) is 0 Å². The number of amides is 4. The number of nitrogens with one attached hydrogen (secondary N) is 4. The van der Waals surface area contributed by atoms with Crippen molar-refractivity contribution in [1.29, 1.82) is 0 Å². The number of nitrogen functional groups attached to an aromatic ring is 1. The molecule has 35 heteroatoms. The number of ether oxygens (including phenoxy) is 15. The zero-order chi connectivity index (χ0) is 76.8. The summed E-state index contributed by atoms with van der Waals surface area (Å²) in [6, 6.07) is 15.5.